The van der Waals surface area contributed by atoms with Crippen LogP contribution in [0.1, 0.15) is 66.7 Å². The van der Waals surface area contributed by atoms with Crippen molar-refractivity contribution in [3.63, 3.8) is 0 Å². The summed E-state index contributed by atoms with van der Waals surface area (Å²) in [6, 6.07) is 0. The second-order valence-corrected chi connectivity index (χ2v) is 7.09. The van der Waals surface area contributed by atoms with E-state index in [1.165, 1.54) is 6.42 Å². The summed E-state index contributed by atoms with van der Waals surface area (Å²) < 4.78 is 10.7. The van der Waals surface area contributed by atoms with Crippen LogP contribution >= 0.6 is 0 Å². The Labute approximate surface area is 124 Å². The molecule has 1 aliphatic rings. The van der Waals surface area contributed by atoms with Gasteiger partial charge >= 0.3 is 6.16 Å². The lowest BCUT2D eigenvalue weighted by Gasteiger charge is -2.35. The van der Waals surface area contributed by atoms with E-state index in [2.05, 4.69) is 34.6 Å². The maximum atomic E-state index is 11.7. The first-order valence-corrected chi connectivity index (χ1v) is 8.23. The summed E-state index contributed by atoms with van der Waals surface area (Å²) in [7, 11) is 0. The van der Waals surface area contributed by atoms with Crippen LogP contribution in [0, 0.1) is 23.7 Å². The van der Waals surface area contributed by atoms with Crippen molar-refractivity contribution in [2.45, 2.75) is 72.8 Å². The van der Waals surface area contributed by atoms with E-state index in [1.54, 1.807) is 0 Å². The third kappa shape index (κ3) is 6.15. The van der Waals surface area contributed by atoms with Crippen molar-refractivity contribution < 1.29 is 14.3 Å². The summed E-state index contributed by atoms with van der Waals surface area (Å²) in [5.41, 5.74) is 0. The van der Waals surface area contributed by atoms with Gasteiger partial charge in [0.1, 0.15) is 6.10 Å². The molecule has 0 aromatic heterocycles. The van der Waals surface area contributed by atoms with Crippen LogP contribution in [0.3, 0.4) is 0 Å². The summed E-state index contributed by atoms with van der Waals surface area (Å²) in [5.74, 6) is 2.44. The monoisotopic (exact) mass is 284 g/mol. The Morgan fingerprint density at radius 2 is 1.90 bits per heavy atom. The molecule has 3 atom stereocenters. The van der Waals surface area contributed by atoms with Crippen LogP contribution < -0.4 is 0 Å². The summed E-state index contributed by atoms with van der Waals surface area (Å²) in [5, 5.41) is 0. The molecule has 0 bridgehead atoms. The molecule has 0 aromatic rings. The van der Waals surface area contributed by atoms with Gasteiger partial charge in [-0.25, -0.2) is 4.79 Å². The van der Waals surface area contributed by atoms with Crippen molar-refractivity contribution in [1.29, 1.82) is 0 Å². The Balaban J connectivity index is 2.28. The van der Waals surface area contributed by atoms with E-state index in [1.807, 2.05) is 0 Å². The molecule has 0 aliphatic heterocycles. The molecule has 1 aliphatic carbocycles. The molecule has 1 rings (SSSR count). The van der Waals surface area contributed by atoms with Crippen LogP contribution in [0.4, 0.5) is 4.79 Å². The molecular formula is C17H32O3. The molecule has 1 fully saturated rings. The Hall–Kier alpha value is -0.730. The van der Waals surface area contributed by atoms with Gasteiger partial charge in [-0.3, -0.25) is 0 Å². The van der Waals surface area contributed by atoms with Crippen molar-refractivity contribution in [3.05, 3.63) is 0 Å². The molecule has 3 nitrogen and oxygen atoms in total. The van der Waals surface area contributed by atoms with E-state index in [0.29, 0.717) is 30.3 Å². The minimum absolute atomic E-state index is 0.0359. The summed E-state index contributed by atoms with van der Waals surface area (Å²) >= 11 is 0. The van der Waals surface area contributed by atoms with Gasteiger partial charge < -0.3 is 9.47 Å². The fraction of sp³-hybridized carbons (Fsp3) is 0.941. The maximum absolute atomic E-state index is 11.7. The van der Waals surface area contributed by atoms with E-state index < -0.39 is 6.16 Å². The van der Waals surface area contributed by atoms with Crippen LogP contribution in [0.5, 0.6) is 0 Å². The summed E-state index contributed by atoms with van der Waals surface area (Å²) in [4.78, 5) is 11.7. The maximum Gasteiger partial charge on any atom is 0.508 e. The molecule has 20 heavy (non-hydrogen) atoms. The molecule has 0 spiro atoms. The van der Waals surface area contributed by atoms with Crippen LogP contribution in [-0.4, -0.2) is 18.9 Å². The lowest BCUT2D eigenvalue weighted by molar-refractivity contribution is -0.0241. The standard InChI is InChI=1S/C17H32O3/c1-12(2)7-6-10-19-17(18)20-16-11-15(13(3)4)9-8-14(16)5/h12-16H,6-11H2,1-5H3. The van der Waals surface area contributed by atoms with Gasteiger partial charge in [0.05, 0.1) is 6.61 Å². The van der Waals surface area contributed by atoms with E-state index >= 15 is 0 Å². The predicted molar refractivity (Wildman–Crippen MR) is 81.6 cm³/mol. The smallest absolute Gasteiger partial charge is 0.434 e. The molecule has 1 saturated carbocycles. The van der Waals surface area contributed by atoms with Crippen molar-refractivity contribution >= 4 is 6.16 Å². The fourth-order valence-electron chi connectivity index (χ4n) is 2.89. The Morgan fingerprint density at radius 3 is 2.50 bits per heavy atom. The third-order valence-electron chi connectivity index (χ3n) is 4.50. The van der Waals surface area contributed by atoms with Gasteiger partial charge in [-0.15, -0.1) is 0 Å². The first-order valence-electron chi connectivity index (χ1n) is 8.23. The Morgan fingerprint density at radius 1 is 1.20 bits per heavy atom. The molecule has 3 heteroatoms. The van der Waals surface area contributed by atoms with Crippen LogP contribution in [0.2, 0.25) is 0 Å². The second kappa shape index (κ2) is 8.53. The van der Waals surface area contributed by atoms with Gasteiger partial charge in [0.25, 0.3) is 0 Å². The zero-order valence-corrected chi connectivity index (χ0v) is 13.9. The first-order chi connectivity index (χ1) is 9.40. The number of hydrogen-bond acceptors (Lipinski definition) is 3. The lowest BCUT2D eigenvalue weighted by Crippen LogP contribution is -2.34. The average Bonchev–Trinajstić information content (AvgIpc) is 2.37. The van der Waals surface area contributed by atoms with Gasteiger partial charge in [-0.1, -0.05) is 34.6 Å². The zero-order chi connectivity index (χ0) is 15.1. The van der Waals surface area contributed by atoms with Crippen LogP contribution in [0.15, 0.2) is 0 Å². The van der Waals surface area contributed by atoms with Crippen molar-refractivity contribution in [2.24, 2.45) is 23.7 Å². The van der Waals surface area contributed by atoms with Gasteiger partial charge in [-0.2, -0.15) is 0 Å². The highest BCUT2D eigenvalue weighted by atomic mass is 16.7. The van der Waals surface area contributed by atoms with Crippen LogP contribution in [0.25, 0.3) is 0 Å². The minimum atomic E-state index is -0.477. The molecule has 0 N–H and O–H groups in total. The highest BCUT2D eigenvalue weighted by molar-refractivity contribution is 5.60. The molecular weight excluding hydrogens is 252 g/mol. The van der Waals surface area contributed by atoms with Gasteiger partial charge in [0.15, 0.2) is 0 Å². The van der Waals surface area contributed by atoms with Crippen LogP contribution in [-0.2, 0) is 9.47 Å². The highest BCUT2D eigenvalue weighted by Crippen LogP contribution is 2.35. The Kier molecular flexibility index (Phi) is 7.39. The predicted octanol–water partition coefficient (Wildman–Crippen LogP) is 5.04. The molecule has 0 amide bonds. The number of ether oxygens (including phenoxy) is 2. The number of carbonyl (C=O) groups excluding carboxylic acids is 1. The second-order valence-electron chi connectivity index (χ2n) is 7.09. The molecule has 3 unspecified atom stereocenters. The Bertz CT molecular complexity index is 286. The number of rotatable bonds is 6. The third-order valence-corrected chi connectivity index (χ3v) is 4.50. The lowest BCUT2D eigenvalue weighted by atomic mass is 9.76. The first kappa shape index (κ1) is 17.3. The van der Waals surface area contributed by atoms with Crippen molar-refractivity contribution in [1.82, 2.24) is 0 Å². The van der Waals surface area contributed by atoms with E-state index in [4.69, 9.17) is 9.47 Å². The van der Waals surface area contributed by atoms with Gasteiger partial charge in [0.2, 0.25) is 0 Å². The quantitative estimate of drug-likeness (QED) is 0.506. The average molecular weight is 284 g/mol. The number of carbonyl (C=O) groups is 1. The van der Waals surface area contributed by atoms with Gasteiger partial charge in [0, 0.05) is 0 Å². The normalized spacial score (nSPS) is 26.9. The van der Waals surface area contributed by atoms with E-state index in [0.717, 1.165) is 25.7 Å². The molecule has 0 aromatic carbocycles. The molecule has 0 radical (unpaired) electrons. The molecule has 118 valence electrons. The fourth-order valence-corrected chi connectivity index (χ4v) is 2.89. The molecule has 0 saturated heterocycles. The summed E-state index contributed by atoms with van der Waals surface area (Å²) in [6.07, 6.45) is 4.95. The highest BCUT2D eigenvalue weighted by Gasteiger charge is 2.32. The van der Waals surface area contributed by atoms with Gasteiger partial charge in [-0.05, 0) is 55.8 Å². The van der Waals surface area contributed by atoms with Crippen molar-refractivity contribution in [3.8, 4) is 0 Å². The zero-order valence-electron chi connectivity index (χ0n) is 13.9. The van der Waals surface area contributed by atoms with Crippen molar-refractivity contribution in [2.75, 3.05) is 6.61 Å². The van der Waals surface area contributed by atoms with E-state index in [-0.39, 0.29) is 6.10 Å². The minimum Gasteiger partial charge on any atom is -0.434 e. The van der Waals surface area contributed by atoms with E-state index in [9.17, 15) is 4.79 Å². The topological polar surface area (TPSA) is 35.5 Å². The summed E-state index contributed by atoms with van der Waals surface area (Å²) in [6.45, 7) is 11.5. The molecule has 0 heterocycles. The SMILES string of the molecule is CC(C)CCCOC(=O)OC1CC(C(C)C)CCC1C. The largest absolute Gasteiger partial charge is 0.508 e. The number of hydrogen-bond donors (Lipinski definition) is 0.